The molecule has 170 valence electrons. The molecule has 0 bridgehead atoms. The number of nitrogen functional groups attached to an aromatic ring is 2. The number of nitrogens with two attached hydrogens (primary N) is 2. The number of benzene rings is 3. The van der Waals surface area contributed by atoms with Crippen molar-refractivity contribution in [2.24, 2.45) is 0 Å². The van der Waals surface area contributed by atoms with Gasteiger partial charge in [0.2, 0.25) is 0 Å². The SMILES string of the molecule is C/C=C\C(=C/C)C(C(=O)c1ccc(OCCOc2ccc(N)cc2N)cc1)c1ccccc1. The van der Waals surface area contributed by atoms with Crippen molar-refractivity contribution in [1.82, 2.24) is 0 Å². The van der Waals surface area contributed by atoms with Gasteiger partial charge in [0.1, 0.15) is 24.7 Å². The van der Waals surface area contributed by atoms with E-state index in [0.717, 1.165) is 11.1 Å². The summed E-state index contributed by atoms with van der Waals surface area (Å²) in [5, 5.41) is 0. The summed E-state index contributed by atoms with van der Waals surface area (Å²) in [6, 6.07) is 22.2. The number of ether oxygens (including phenoxy) is 2. The molecule has 0 aliphatic heterocycles. The van der Waals surface area contributed by atoms with Crippen molar-refractivity contribution < 1.29 is 14.3 Å². The summed E-state index contributed by atoms with van der Waals surface area (Å²) in [5.74, 6) is 0.914. The number of carbonyl (C=O) groups excluding carboxylic acids is 1. The average molecular weight is 443 g/mol. The summed E-state index contributed by atoms with van der Waals surface area (Å²) in [5.41, 5.74) is 15.2. The minimum atomic E-state index is -0.363. The highest BCUT2D eigenvalue weighted by Gasteiger charge is 2.24. The molecule has 3 rings (SSSR count). The minimum absolute atomic E-state index is 0.0427. The molecule has 3 aromatic rings. The number of allylic oxidation sites excluding steroid dienone is 4. The van der Waals surface area contributed by atoms with E-state index in [1.54, 1.807) is 42.5 Å². The van der Waals surface area contributed by atoms with Gasteiger partial charge in [-0.05, 0) is 67.4 Å². The molecule has 0 amide bonds. The van der Waals surface area contributed by atoms with Crippen LogP contribution in [0.3, 0.4) is 0 Å². The predicted molar refractivity (Wildman–Crippen MR) is 135 cm³/mol. The molecule has 0 spiro atoms. The van der Waals surface area contributed by atoms with Gasteiger partial charge in [0.15, 0.2) is 5.78 Å². The second-order valence-electron chi connectivity index (χ2n) is 7.52. The van der Waals surface area contributed by atoms with Gasteiger partial charge < -0.3 is 20.9 Å². The van der Waals surface area contributed by atoms with Crippen molar-refractivity contribution in [2.75, 3.05) is 24.7 Å². The maximum Gasteiger partial charge on any atom is 0.174 e. The monoisotopic (exact) mass is 442 g/mol. The maximum atomic E-state index is 13.4. The number of Topliss-reactive ketones (excluding diaryl/α,β-unsaturated/α-hetero) is 1. The zero-order chi connectivity index (χ0) is 23.6. The van der Waals surface area contributed by atoms with Gasteiger partial charge in [0.05, 0.1) is 11.6 Å². The van der Waals surface area contributed by atoms with Gasteiger partial charge in [-0.2, -0.15) is 0 Å². The normalized spacial score (nSPS) is 12.5. The van der Waals surface area contributed by atoms with E-state index in [-0.39, 0.29) is 11.7 Å². The van der Waals surface area contributed by atoms with Gasteiger partial charge in [-0.3, -0.25) is 4.79 Å². The molecule has 0 fully saturated rings. The largest absolute Gasteiger partial charge is 0.490 e. The smallest absolute Gasteiger partial charge is 0.174 e. The van der Waals surface area contributed by atoms with Crippen molar-refractivity contribution in [1.29, 1.82) is 0 Å². The topological polar surface area (TPSA) is 87.6 Å². The molecule has 1 atom stereocenters. The zero-order valence-corrected chi connectivity index (χ0v) is 19.0. The highest BCUT2D eigenvalue weighted by atomic mass is 16.5. The third-order valence-electron chi connectivity index (χ3n) is 5.20. The van der Waals surface area contributed by atoms with Crippen LogP contribution in [0.4, 0.5) is 11.4 Å². The van der Waals surface area contributed by atoms with Crippen molar-refractivity contribution in [3.8, 4) is 11.5 Å². The van der Waals surface area contributed by atoms with E-state index >= 15 is 0 Å². The zero-order valence-electron chi connectivity index (χ0n) is 19.0. The fraction of sp³-hybridized carbons (Fsp3) is 0.179. The summed E-state index contributed by atoms with van der Waals surface area (Å²) in [6.45, 7) is 4.58. The first kappa shape index (κ1) is 23.7. The molecule has 5 heteroatoms. The third kappa shape index (κ3) is 6.26. The number of hydrogen-bond donors (Lipinski definition) is 2. The summed E-state index contributed by atoms with van der Waals surface area (Å²) in [4.78, 5) is 13.4. The van der Waals surface area contributed by atoms with Gasteiger partial charge in [-0.1, -0.05) is 48.6 Å². The highest BCUT2D eigenvalue weighted by molar-refractivity contribution is 6.03. The Morgan fingerprint density at radius 1 is 0.909 bits per heavy atom. The number of carbonyl (C=O) groups is 1. The molecule has 0 aliphatic carbocycles. The quantitative estimate of drug-likeness (QED) is 0.179. The molecule has 0 saturated carbocycles. The van der Waals surface area contributed by atoms with E-state index in [4.69, 9.17) is 20.9 Å². The second-order valence-corrected chi connectivity index (χ2v) is 7.52. The third-order valence-corrected chi connectivity index (χ3v) is 5.20. The van der Waals surface area contributed by atoms with E-state index in [9.17, 15) is 4.79 Å². The molecule has 0 aliphatic rings. The van der Waals surface area contributed by atoms with E-state index in [1.165, 1.54) is 0 Å². The standard InChI is InChI=1S/C28H30N2O3/c1-3-8-20(4-2)27(21-9-6-5-7-10-21)28(31)22-11-14-24(15-12-22)32-17-18-33-26-16-13-23(29)19-25(26)30/h3-16,19,27H,17-18,29-30H2,1-2H3/b8-3-,20-4+. The molecular formula is C28H30N2O3. The Balaban J connectivity index is 1.65. The molecule has 4 N–H and O–H groups in total. The van der Waals surface area contributed by atoms with Gasteiger partial charge >= 0.3 is 0 Å². The van der Waals surface area contributed by atoms with E-state index in [1.807, 2.05) is 62.4 Å². The Kier molecular flexibility index (Phi) is 8.30. The van der Waals surface area contributed by atoms with Crippen molar-refractivity contribution in [2.45, 2.75) is 19.8 Å². The van der Waals surface area contributed by atoms with Gasteiger partial charge in [0.25, 0.3) is 0 Å². The summed E-state index contributed by atoms with van der Waals surface area (Å²) >= 11 is 0. The highest BCUT2D eigenvalue weighted by Crippen LogP contribution is 2.30. The number of hydrogen-bond acceptors (Lipinski definition) is 5. The number of anilines is 2. The van der Waals surface area contributed by atoms with Gasteiger partial charge in [-0.15, -0.1) is 0 Å². The van der Waals surface area contributed by atoms with E-state index in [0.29, 0.717) is 41.7 Å². The van der Waals surface area contributed by atoms with E-state index in [2.05, 4.69) is 0 Å². The molecule has 0 aromatic heterocycles. The Bertz CT molecular complexity index is 1120. The molecule has 33 heavy (non-hydrogen) atoms. The lowest BCUT2D eigenvalue weighted by Gasteiger charge is -2.18. The predicted octanol–water partition coefficient (Wildman–Crippen LogP) is 5.80. The van der Waals surface area contributed by atoms with Crippen LogP contribution in [0, 0.1) is 0 Å². The van der Waals surface area contributed by atoms with Crippen LogP contribution in [0.1, 0.15) is 35.7 Å². The Morgan fingerprint density at radius 3 is 2.24 bits per heavy atom. The van der Waals surface area contributed by atoms with Crippen LogP contribution in [0.25, 0.3) is 0 Å². The van der Waals surface area contributed by atoms with Crippen LogP contribution in [0.5, 0.6) is 11.5 Å². The first-order valence-electron chi connectivity index (χ1n) is 10.9. The summed E-state index contributed by atoms with van der Waals surface area (Å²) in [6.07, 6.45) is 5.93. The van der Waals surface area contributed by atoms with E-state index < -0.39 is 0 Å². The van der Waals surface area contributed by atoms with Crippen LogP contribution in [0.2, 0.25) is 0 Å². The molecular weight excluding hydrogens is 412 g/mol. The molecule has 0 heterocycles. The fourth-order valence-corrected chi connectivity index (χ4v) is 3.58. The number of ketones is 1. The van der Waals surface area contributed by atoms with Gasteiger partial charge in [-0.25, -0.2) is 0 Å². The second kappa shape index (κ2) is 11.6. The Hall–Kier alpha value is -3.99. The van der Waals surface area contributed by atoms with Gasteiger partial charge in [0, 0.05) is 11.3 Å². The molecule has 3 aromatic carbocycles. The Labute approximate surface area is 195 Å². The minimum Gasteiger partial charge on any atom is -0.490 e. The summed E-state index contributed by atoms with van der Waals surface area (Å²) in [7, 11) is 0. The first-order valence-corrected chi connectivity index (χ1v) is 10.9. The lowest BCUT2D eigenvalue weighted by molar-refractivity contribution is 0.0973. The number of rotatable bonds is 10. The maximum absolute atomic E-state index is 13.4. The van der Waals surface area contributed by atoms with Crippen LogP contribution in [-0.2, 0) is 0 Å². The van der Waals surface area contributed by atoms with Crippen molar-refractivity contribution in [3.63, 3.8) is 0 Å². The lowest BCUT2D eigenvalue weighted by Crippen LogP contribution is -2.15. The van der Waals surface area contributed by atoms with Crippen LogP contribution in [-0.4, -0.2) is 19.0 Å². The molecule has 1 unspecified atom stereocenters. The van der Waals surface area contributed by atoms with Crippen molar-refractivity contribution >= 4 is 17.2 Å². The Morgan fingerprint density at radius 2 is 1.61 bits per heavy atom. The molecule has 0 radical (unpaired) electrons. The first-order chi connectivity index (χ1) is 16.0. The molecule has 5 nitrogen and oxygen atoms in total. The van der Waals surface area contributed by atoms with Crippen molar-refractivity contribution in [3.05, 3.63) is 108 Å². The van der Waals surface area contributed by atoms with Crippen LogP contribution >= 0.6 is 0 Å². The summed E-state index contributed by atoms with van der Waals surface area (Å²) < 4.78 is 11.4. The molecule has 0 saturated heterocycles. The average Bonchev–Trinajstić information content (AvgIpc) is 2.83. The van der Waals surface area contributed by atoms with Crippen LogP contribution < -0.4 is 20.9 Å². The van der Waals surface area contributed by atoms with Crippen LogP contribution in [0.15, 0.2) is 96.6 Å². The fourth-order valence-electron chi connectivity index (χ4n) is 3.58. The lowest BCUT2D eigenvalue weighted by atomic mass is 9.84.